The van der Waals surface area contributed by atoms with Gasteiger partial charge in [-0.1, -0.05) is 50.2 Å². The number of carbonyl (C=O) groups excluding carboxylic acids is 1. The Bertz CT molecular complexity index is 802. The quantitative estimate of drug-likeness (QED) is 0.657. The molecule has 1 N–H and O–H groups in total. The van der Waals surface area contributed by atoms with E-state index in [0.717, 1.165) is 35.5 Å². The molecule has 2 aromatic rings. The highest BCUT2D eigenvalue weighted by Crippen LogP contribution is 2.50. The van der Waals surface area contributed by atoms with E-state index in [9.17, 15) is 4.79 Å². The fourth-order valence-corrected chi connectivity index (χ4v) is 3.87. The second-order valence-corrected chi connectivity index (χ2v) is 7.85. The molecule has 1 saturated carbocycles. The number of ether oxygens (including phenoxy) is 2. The summed E-state index contributed by atoms with van der Waals surface area (Å²) in [5.41, 5.74) is 2.18. The summed E-state index contributed by atoms with van der Waals surface area (Å²) in [7, 11) is 1.68. The predicted octanol–water partition coefficient (Wildman–Crippen LogP) is 5.10. The van der Waals surface area contributed by atoms with Crippen molar-refractivity contribution in [3.05, 3.63) is 59.7 Å². The molecule has 0 unspecified atom stereocenters. The SMILES string of the molecule is CCOc1ccccc1[C@H](CC(C)C)NC(=O)[C@H]1C[C@@H]1c1ccccc1OC. The van der Waals surface area contributed by atoms with Gasteiger partial charge in [-0.3, -0.25) is 4.79 Å². The van der Waals surface area contributed by atoms with Crippen molar-refractivity contribution < 1.29 is 14.3 Å². The van der Waals surface area contributed by atoms with Crippen molar-refractivity contribution in [1.82, 2.24) is 5.32 Å². The van der Waals surface area contributed by atoms with Crippen LogP contribution in [0.2, 0.25) is 0 Å². The second-order valence-electron chi connectivity index (χ2n) is 7.85. The first kappa shape index (κ1) is 20.2. The molecule has 150 valence electrons. The molecule has 0 radical (unpaired) electrons. The number of rotatable bonds is 9. The highest BCUT2D eigenvalue weighted by atomic mass is 16.5. The molecular weight excluding hydrogens is 350 g/mol. The molecule has 4 heteroatoms. The van der Waals surface area contributed by atoms with Gasteiger partial charge in [0.25, 0.3) is 0 Å². The van der Waals surface area contributed by atoms with Crippen molar-refractivity contribution in [3.63, 3.8) is 0 Å². The average Bonchev–Trinajstić information content (AvgIpc) is 3.48. The molecule has 1 amide bonds. The number of methoxy groups -OCH3 is 1. The van der Waals surface area contributed by atoms with Crippen LogP contribution in [0.25, 0.3) is 0 Å². The Morgan fingerprint density at radius 1 is 1.11 bits per heavy atom. The zero-order valence-electron chi connectivity index (χ0n) is 17.3. The minimum atomic E-state index is -0.0471. The van der Waals surface area contributed by atoms with Crippen LogP contribution in [0, 0.1) is 11.8 Å². The molecule has 3 rings (SSSR count). The lowest BCUT2D eigenvalue weighted by Crippen LogP contribution is -2.31. The van der Waals surface area contributed by atoms with Crippen LogP contribution >= 0.6 is 0 Å². The summed E-state index contributed by atoms with van der Waals surface area (Å²) in [5, 5.41) is 3.30. The number of carbonyl (C=O) groups is 1. The Morgan fingerprint density at radius 3 is 2.46 bits per heavy atom. The van der Waals surface area contributed by atoms with Crippen molar-refractivity contribution in [2.24, 2.45) is 11.8 Å². The Hall–Kier alpha value is -2.49. The summed E-state index contributed by atoms with van der Waals surface area (Å²) in [6.07, 6.45) is 1.75. The van der Waals surface area contributed by atoms with E-state index in [-0.39, 0.29) is 23.8 Å². The van der Waals surface area contributed by atoms with Gasteiger partial charge in [-0.15, -0.1) is 0 Å². The minimum Gasteiger partial charge on any atom is -0.496 e. The van der Waals surface area contributed by atoms with Gasteiger partial charge in [0, 0.05) is 11.5 Å². The first-order valence-corrected chi connectivity index (χ1v) is 10.2. The number of benzene rings is 2. The largest absolute Gasteiger partial charge is 0.496 e. The van der Waals surface area contributed by atoms with Crippen LogP contribution < -0.4 is 14.8 Å². The molecule has 28 heavy (non-hydrogen) atoms. The standard InChI is InChI=1S/C24H31NO3/c1-5-28-23-13-9-7-11-18(23)21(14-16(2)3)25-24(26)20-15-19(20)17-10-6-8-12-22(17)27-4/h6-13,16,19-21H,5,14-15H2,1-4H3,(H,25,26)/t19-,20+,21+/m1/s1. The third-order valence-corrected chi connectivity index (χ3v) is 5.28. The van der Waals surface area contributed by atoms with Crippen LogP contribution in [0.4, 0.5) is 0 Å². The minimum absolute atomic E-state index is 0.00483. The summed E-state index contributed by atoms with van der Waals surface area (Å²) < 4.78 is 11.3. The van der Waals surface area contributed by atoms with E-state index in [2.05, 4.69) is 31.3 Å². The third-order valence-electron chi connectivity index (χ3n) is 5.28. The summed E-state index contributed by atoms with van der Waals surface area (Å²) in [5.74, 6) is 2.54. The molecule has 0 spiro atoms. The molecule has 0 heterocycles. The van der Waals surface area contributed by atoms with Crippen LogP contribution in [0.5, 0.6) is 11.5 Å². The maximum absolute atomic E-state index is 13.0. The van der Waals surface area contributed by atoms with E-state index >= 15 is 0 Å². The maximum Gasteiger partial charge on any atom is 0.224 e. The van der Waals surface area contributed by atoms with Crippen LogP contribution in [0.15, 0.2) is 48.5 Å². The maximum atomic E-state index is 13.0. The van der Waals surface area contributed by atoms with Crippen LogP contribution in [-0.2, 0) is 4.79 Å². The monoisotopic (exact) mass is 381 g/mol. The third kappa shape index (κ3) is 4.67. The summed E-state index contributed by atoms with van der Waals surface area (Å²) in [6.45, 7) is 6.95. The van der Waals surface area contributed by atoms with E-state index < -0.39 is 0 Å². The molecule has 0 aliphatic heterocycles. The highest BCUT2D eigenvalue weighted by Gasteiger charge is 2.45. The molecule has 0 bridgehead atoms. The topological polar surface area (TPSA) is 47.6 Å². The Balaban J connectivity index is 1.75. The fourth-order valence-electron chi connectivity index (χ4n) is 3.87. The van der Waals surface area contributed by atoms with E-state index in [4.69, 9.17) is 9.47 Å². The van der Waals surface area contributed by atoms with Crippen molar-refractivity contribution in [1.29, 1.82) is 0 Å². The van der Waals surface area contributed by atoms with Gasteiger partial charge in [0.05, 0.1) is 19.8 Å². The zero-order chi connectivity index (χ0) is 20.1. The van der Waals surface area contributed by atoms with Gasteiger partial charge >= 0.3 is 0 Å². The van der Waals surface area contributed by atoms with E-state index in [1.165, 1.54) is 0 Å². The number of hydrogen-bond donors (Lipinski definition) is 1. The summed E-state index contributed by atoms with van der Waals surface area (Å²) in [6, 6.07) is 16.0. The molecule has 1 aliphatic carbocycles. The number of nitrogens with one attached hydrogen (secondary N) is 1. The fraction of sp³-hybridized carbons (Fsp3) is 0.458. The Kier molecular flexibility index (Phi) is 6.61. The van der Waals surface area contributed by atoms with Gasteiger partial charge in [-0.25, -0.2) is 0 Å². The first-order chi connectivity index (χ1) is 13.5. The van der Waals surface area contributed by atoms with E-state index in [1.807, 2.05) is 43.3 Å². The highest BCUT2D eigenvalue weighted by molar-refractivity contribution is 5.83. The molecule has 1 fully saturated rings. The van der Waals surface area contributed by atoms with E-state index in [0.29, 0.717) is 12.5 Å². The lowest BCUT2D eigenvalue weighted by Gasteiger charge is -2.23. The first-order valence-electron chi connectivity index (χ1n) is 10.2. The zero-order valence-corrected chi connectivity index (χ0v) is 17.3. The van der Waals surface area contributed by atoms with Crippen molar-refractivity contribution in [2.75, 3.05) is 13.7 Å². The smallest absolute Gasteiger partial charge is 0.224 e. The normalized spacial score (nSPS) is 19.2. The van der Waals surface area contributed by atoms with Crippen molar-refractivity contribution >= 4 is 5.91 Å². The number of hydrogen-bond acceptors (Lipinski definition) is 3. The van der Waals surface area contributed by atoms with Crippen LogP contribution in [0.1, 0.15) is 56.7 Å². The molecule has 1 aliphatic rings. The molecule has 0 saturated heterocycles. The van der Waals surface area contributed by atoms with Gasteiger partial charge in [-0.05, 0) is 49.3 Å². The van der Waals surface area contributed by atoms with Crippen LogP contribution in [-0.4, -0.2) is 19.6 Å². The van der Waals surface area contributed by atoms with Crippen LogP contribution in [0.3, 0.4) is 0 Å². The van der Waals surface area contributed by atoms with Gasteiger partial charge in [0.15, 0.2) is 0 Å². The lowest BCUT2D eigenvalue weighted by atomic mass is 9.95. The average molecular weight is 382 g/mol. The lowest BCUT2D eigenvalue weighted by molar-refractivity contribution is -0.123. The second kappa shape index (κ2) is 9.13. The summed E-state index contributed by atoms with van der Waals surface area (Å²) in [4.78, 5) is 13.0. The Morgan fingerprint density at radius 2 is 1.79 bits per heavy atom. The van der Waals surface area contributed by atoms with Crippen molar-refractivity contribution in [3.8, 4) is 11.5 Å². The molecule has 3 atom stereocenters. The number of para-hydroxylation sites is 2. The summed E-state index contributed by atoms with van der Waals surface area (Å²) >= 11 is 0. The van der Waals surface area contributed by atoms with Gasteiger partial charge < -0.3 is 14.8 Å². The van der Waals surface area contributed by atoms with Crippen molar-refractivity contribution in [2.45, 2.75) is 45.6 Å². The molecule has 4 nitrogen and oxygen atoms in total. The Labute approximate surface area is 168 Å². The molecular formula is C24H31NO3. The number of amides is 1. The molecule has 2 aromatic carbocycles. The van der Waals surface area contributed by atoms with Gasteiger partial charge in [-0.2, -0.15) is 0 Å². The predicted molar refractivity (Wildman–Crippen MR) is 112 cm³/mol. The van der Waals surface area contributed by atoms with E-state index in [1.54, 1.807) is 7.11 Å². The van der Waals surface area contributed by atoms with Gasteiger partial charge in [0.1, 0.15) is 11.5 Å². The molecule has 0 aromatic heterocycles. The van der Waals surface area contributed by atoms with Gasteiger partial charge in [0.2, 0.25) is 5.91 Å².